The molecule has 6 heteroatoms. The fraction of sp³-hybridized carbons (Fsp3) is 0.357. The fourth-order valence-corrected chi connectivity index (χ4v) is 2.05. The molecule has 0 saturated carbocycles. The maximum absolute atomic E-state index is 12.2. The molecule has 0 aromatic carbocycles. The van der Waals surface area contributed by atoms with Crippen molar-refractivity contribution in [3.05, 3.63) is 40.3 Å². The van der Waals surface area contributed by atoms with Gasteiger partial charge in [-0.2, -0.15) is 0 Å². The quantitative estimate of drug-likeness (QED) is 0.891. The zero-order valence-electron chi connectivity index (χ0n) is 11.7. The first-order valence-electron chi connectivity index (χ1n) is 6.29. The van der Waals surface area contributed by atoms with Gasteiger partial charge in [0.25, 0.3) is 11.5 Å². The number of nitrogens with zero attached hydrogens (tertiary/aromatic N) is 2. The third kappa shape index (κ3) is 2.70. The van der Waals surface area contributed by atoms with E-state index in [9.17, 15) is 9.59 Å². The lowest BCUT2D eigenvalue weighted by atomic mass is 10.2. The zero-order valence-corrected chi connectivity index (χ0v) is 11.7. The molecule has 0 saturated heterocycles. The molecule has 0 spiro atoms. The smallest absolute Gasteiger partial charge is 0.264 e. The van der Waals surface area contributed by atoms with Crippen LogP contribution in [0.25, 0.3) is 11.0 Å². The van der Waals surface area contributed by atoms with Crippen molar-refractivity contribution in [2.24, 2.45) is 7.05 Å². The minimum Gasteiger partial charge on any atom is -0.383 e. The van der Waals surface area contributed by atoms with Crippen LogP contribution in [-0.2, 0) is 11.8 Å². The molecule has 6 nitrogen and oxygen atoms in total. The van der Waals surface area contributed by atoms with Crippen LogP contribution in [0.15, 0.2) is 29.2 Å². The number of methoxy groups -OCH3 is 1. The van der Waals surface area contributed by atoms with Gasteiger partial charge < -0.3 is 10.1 Å². The number of nitrogens with one attached hydrogen (secondary N) is 1. The van der Waals surface area contributed by atoms with Crippen LogP contribution in [0.5, 0.6) is 0 Å². The van der Waals surface area contributed by atoms with Crippen LogP contribution in [0.4, 0.5) is 0 Å². The highest BCUT2D eigenvalue weighted by Crippen LogP contribution is 2.09. The summed E-state index contributed by atoms with van der Waals surface area (Å²) in [6.07, 6.45) is 1.61. The predicted octanol–water partition coefficient (Wildman–Crippen LogP) is 0.698. The normalized spacial score (nSPS) is 12.3. The molecule has 2 heterocycles. The highest BCUT2D eigenvalue weighted by molar-refractivity contribution is 5.97. The van der Waals surface area contributed by atoms with Gasteiger partial charge in [0.1, 0.15) is 11.2 Å². The van der Waals surface area contributed by atoms with E-state index >= 15 is 0 Å². The molecule has 0 aliphatic carbocycles. The van der Waals surface area contributed by atoms with Crippen molar-refractivity contribution in [3.63, 3.8) is 0 Å². The summed E-state index contributed by atoms with van der Waals surface area (Å²) in [7, 11) is 3.16. The first-order chi connectivity index (χ1) is 9.54. The molecule has 0 radical (unpaired) electrons. The molecule has 1 atom stereocenters. The third-order valence-corrected chi connectivity index (χ3v) is 3.01. The second-order valence-electron chi connectivity index (χ2n) is 4.67. The van der Waals surface area contributed by atoms with Gasteiger partial charge in [0.2, 0.25) is 0 Å². The number of rotatable bonds is 4. The Labute approximate surface area is 116 Å². The lowest BCUT2D eigenvalue weighted by Gasteiger charge is -2.13. The second-order valence-corrected chi connectivity index (χ2v) is 4.67. The van der Waals surface area contributed by atoms with E-state index in [0.717, 1.165) is 5.39 Å². The van der Waals surface area contributed by atoms with Gasteiger partial charge in [-0.25, -0.2) is 4.98 Å². The van der Waals surface area contributed by atoms with Crippen molar-refractivity contribution in [1.82, 2.24) is 14.9 Å². The lowest BCUT2D eigenvalue weighted by Crippen LogP contribution is -2.39. The number of hydrogen-bond acceptors (Lipinski definition) is 4. The van der Waals surface area contributed by atoms with Crippen LogP contribution in [0.3, 0.4) is 0 Å². The average Bonchev–Trinajstić information content (AvgIpc) is 2.43. The number of carbonyl (C=O) groups is 1. The van der Waals surface area contributed by atoms with Crippen LogP contribution in [-0.4, -0.2) is 35.2 Å². The Bertz CT molecular complexity index is 694. The van der Waals surface area contributed by atoms with E-state index in [4.69, 9.17) is 4.74 Å². The van der Waals surface area contributed by atoms with Gasteiger partial charge in [-0.3, -0.25) is 14.2 Å². The summed E-state index contributed by atoms with van der Waals surface area (Å²) < 4.78 is 6.34. The number of carbonyl (C=O) groups excluding carboxylic acids is 1. The molecule has 2 rings (SSSR count). The predicted molar refractivity (Wildman–Crippen MR) is 75.8 cm³/mol. The summed E-state index contributed by atoms with van der Waals surface area (Å²) in [6, 6.07) is 4.99. The number of amides is 1. The van der Waals surface area contributed by atoms with Gasteiger partial charge in [-0.1, -0.05) is 0 Å². The topological polar surface area (TPSA) is 73.2 Å². The monoisotopic (exact) mass is 275 g/mol. The van der Waals surface area contributed by atoms with E-state index in [0.29, 0.717) is 12.3 Å². The Morgan fingerprint density at radius 3 is 3.00 bits per heavy atom. The van der Waals surface area contributed by atoms with E-state index < -0.39 is 5.91 Å². The molecule has 106 valence electrons. The van der Waals surface area contributed by atoms with Crippen molar-refractivity contribution in [2.45, 2.75) is 13.0 Å². The van der Waals surface area contributed by atoms with Gasteiger partial charge >= 0.3 is 0 Å². The minimum atomic E-state index is -0.402. The van der Waals surface area contributed by atoms with Gasteiger partial charge in [0.15, 0.2) is 0 Å². The number of ether oxygens (including phenoxy) is 1. The molecular formula is C14H17N3O3. The van der Waals surface area contributed by atoms with E-state index in [1.54, 1.807) is 32.5 Å². The molecule has 1 N–H and O–H groups in total. The average molecular weight is 275 g/mol. The summed E-state index contributed by atoms with van der Waals surface area (Å²) in [4.78, 5) is 28.5. The molecule has 0 bridgehead atoms. The standard InChI is InChI=1S/C14H17N3O3/c1-9(8-20-3)16-13(18)11-7-10-5-4-6-15-12(10)17(2)14(11)19/h4-7,9H,8H2,1-3H3,(H,16,18). The van der Waals surface area contributed by atoms with Crippen molar-refractivity contribution in [2.75, 3.05) is 13.7 Å². The fourth-order valence-electron chi connectivity index (χ4n) is 2.05. The summed E-state index contributed by atoms with van der Waals surface area (Å²) in [6.45, 7) is 2.20. The molecule has 1 unspecified atom stereocenters. The van der Waals surface area contributed by atoms with Crippen molar-refractivity contribution < 1.29 is 9.53 Å². The van der Waals surface area contributed by atoms with Crippen LogP contribution in [0.2, 0.25) is 0 Å². The van der Waals surface area contributed by atoms with Crippen LogP contribution in [0, 0.1) is 0 Å². The summed E-state index contributed by atoms with van der Waals surface area (Å²) in [5, 5.41) is 3.48. The number of aryl methyl sites for hydroxylation is 1. The highest BCUT2D eigenvalue weighted by Gasteiger charge is 2.16. The summed E-state index contributed by atoms with van der Waals surface area (Å²) in [5.74, 6) is -0.402. The zero-order chi connectivity index (χ0) is 14.7. The number of hydrogen-bond donors (Lipinski definition) is 1. The largest absolute Gasteiger partial charge is 0.383 e. The maximum atomic E-state index is 12.2. The van der Waals surface area contributed by atoms with Gasteiger partial charge in [0.05, 0.1) is 6.61 Å². The number of aromatic nitrogens is 2. The SMILES string of the molecule is COCC(C)NC(=O)c1cc2cccnc2n(C)c1=O. The lowest BCUT2D eigenvalue weighted by molar-refractivity contribution is 0.0904. The molecule has 20 heavy (non-hydrogen) atoms. The van der Waals surface area contributed by atoms with Crippen LogP contribution >= 0.6 is 0 Å². The molecule has 0 aliphatic rings. The molecular weight excluding hydrogens is 258 g/mol. The third-order valence-electron chi connectivity index (χ3n) is 3.01. The Balaban J connectivity index is 2.42. The highest BCUT2D eigenvalue weighted by atomic mass is 16.5. The maximum Gasteiger partial charge on any atom is 0.264 e. The van der Waals surface area contributed by atoms with Crippen LogP contribution in [0.1, 0.15) is 17.3 Å². The van der Waals surface area contributed by atoms with Crippen molar-refractivity contribution in [1.29, 1.82) is 0 Å². The molecule has 2 aromatic heterocycles. The van der Waals surface area contributed by atoms with E-state index in [1.165, 1.54) is 4.57 Å². The molecule has 0 fully saturated rings. The summed E-state index contributed by atoms with van der Waals surface area (Å²) >= 11 is 0. The Kier molecular flexibility index (Phi) is 4.14. The Morgan fingerprint density at radius 1 is 1.55 bits per heavy atom. The van der Waals surface area contributed by atoms with E-state index in [-0.39, 0.29) is 17.2 Å². The number of fused-ring (bicyclic) bond motifs is 1. The van der Waals surface area contributed by atoms with Gasteiger partial charge in [-0.05, 0) is 25.1 Å². The second kappa shape index (κ2) is 5.83. The molecule has 2 aromatic rings. The van der Waals surface area contributed by atoms with Crippen LogP contribution < -0.4 is 10.9 Å². The van der Waals surface area contributed by atoms with Crippen molar-refractivity contribution >= 4 is 16.9 Å². The van der Waals surface area contributed by atoms with Gasteiger partial charge in [-0.15, -0.1) is 0 Å². The summed E-state index contributed by atoms with van der Waals surface area (Å²) in [5.41, 5.74) is 0.299. The van der Waals surface area contributed by atoms with Gasteiger partial charge in [0, 0.05) is 31.8 Å². The van der Waals surface area contributed by atoms with E-state index in [2.05, 4.69) is 10.3 Å². The number of pyridine rings is 2. The molecule has 1 amide bonds. The first kappa shape index (κ1) is 14.2. The molecule has 0 aliphatic heterocycles. The van der Waals surface area contributed by atoms with Crippen molar-refractivity contribution in [3.8, 4) is 0 Å². The minimum absolute atomic E-state index is 0.107. The Hall–Kier alpha value is -2.21. The first-order valence-corrected chi connectivity index (χ1v) is 6.29. The van der Waals surface area contributed by atoms with E-state index in [1.807, 2.05) is 13.0 Å². The Morgan fingerprint density at radius 2 is 2.30 bits per heavy atom.